The number of aromatic nitrogens is 4. The maximum absolute atomic E-state index is 4.17. The number of nitrogens with one attached hydrogen (secondary N) is 1. The molecule has 5 nitrogen and oxygen atoms in total. The van der Waals surface area contributed by atoms with E-state index in [2.05, 4.69) is 41.6 Å². The van der Waals surface area contributed by atoms with Gasteiger partial charge < -0.3 is 5.32 Å². The molecule has 6 heteroatoms. The summed E-state index contributed by atoms with van der Waals surface area (Å²) in [6.07, 6.45) is 3.90. The molecular formula is C13H25N5S. The molecule has 108 valence electrons. The van der Waals surface area contributed by atoms with Crippen molar-refractivity contribution in [2.24, 2.45) is 11.8 Å². The molecule has 0 aromatic carbocycles. The number of thioether (sulfide) groups is 1. The lowest BCUT2D eigenvalue weighted by Gasteiger charge is -2.31. The highest BCUT2D eigenvalue weighted by molar-refractivity contribution is 7.99. The molecule has 2 rings (SSSR count). The first-order valence-corrected chi connectivity index (χ1v) is 8.22. The van der Waals surface area contributed by atoms with Crippen LogP contribution in [0.15, 0.2) is 5.16 Å². The largest absolute Gasteiger partial charge is 0.315 e. The summed E-state index contributed by atoms with van der Waals surface area (Å²) in [4.78, 5) is 0. The summed E-state index contributed by atoms with van der Waals surface area (Å²) in [5.41, 5.74) is 0. The summed E-state index contributed by atoms with van der Waals surface area (Å²) in [5, 5.41) is 17.0. The molecule has 0 amide bonds. The SMILES string of the molecule is CCNCCn1nnnc1SC1CCC(C)C(C)C1. The summed E-state index contributed by atoms with van der Waals surface area (Å²) < 4.78 is 1.93. The highest BCUT2D eigenvalue weighted by Crippen LogP contribution is 2.37. The van der Waals surface area contributed by atoms with Crippen LogP contribution >= 0.6 is 11.8 Å². The molecule has 1 heterocycles. The normalized spacial score (nSPS) is 27.6. The highest BCUT2D eigenvalue weighted by Gasteiger charge is 2.26. The molecule has 3 unspecified atom stereocenters. The van der Waals surface area contributed by atoms with Crippen molar-refractivity contribution in [1.29, 1.82) is 0 Å². The van der Waals surface area contributed by atoms with Crippen LogP contribution in [0.3, 0.4) is 0 Å². The molecule has 3 atom stereocenters. The van der Waals surface area contributed by atoms with E-state index >= 15 is 0 Å². The molecule has 0 bridgehead atoms. The molecule has 0 aliphatic heterocycles. The summed E-state index contributed by atoms with van der Waals surface area (Å²) in [7, 11) is 0. The monoisotopic (exact) mass is 283 g/mol. The van der Waals surface area contributed by atoms with Gasteiger partial charge in [0, 0.05) is 11.8 Å². The van der Waals surface area contributed by atoms with Crippen LogP contribution in [-0.4, -0.2) is 38.5 Å². The summed E-state index contributed by atoms with van der Waals surface area (Å²) in [6, 6.07) is 0. The van der Waals surface area contributed by atoms with Crippen LogP contribution in [0.1, 0.15) is 40.0 Å². The molecule has 1 aliphatic carbocycles. The van der Waals surface area contributed by atoms with Crippen molar-refractivity contribution < 1.29 is 0 Å². The van der Waals surface area contributed by atoms with Crippen molar-refractivity contribution in [2.45, 2.75) is 57.0 Å². The molecule has 1 aromatic rings. The van der Waals surface area contributed by atoms with Gasteiger partial charge in [0.25, 0.3) is 0 Å². The number of hydrogen-bond acceptors (Lipinski definition) is 5. The van der Waals surface area contributed by atoms with Crippen LogP contribution in [0, 0.1) is 11.8 Å². The third-order valence-corrected chi connectivity index (χ3v) is 5.34. The van der Waals surface area contributed by atoms with Crippen LogP contribution in [0.25, 0.3) is 0 Å². The highest BCUT2D eigenvalue weighted by atomic mass is 32.2. The van der Waals surface area contributed by atoms with Crippen molar-refractivity contribution in [3.8, 4) is 0 Å². The lowest BCUT2D eigenvalue weighted by atomic mass is 9.81. The Kier molecular flexibility index (Phi) is 5.63. The predicted molar refractivity (Wildman–Crippen MR) is 78.2 cm³/mol. The van der Waals surface area contributed by atoms with E-state index in [1.165, 1.54) is 19.3 Å². The lowest BCUT2D eigenvalue weighted by Crippen LogP contribution is -2.23. The molecule has 1 fully saturated rings. The molecule has 19 heavy (non-hydrogen) atoms. The fourth-order valence-corrected chi connectivity index (χ4v) is 3.82. The molecule has 1 aromatic heterocycles. The molecule has 1 aliphatic rings. The predicted octanol–water partition coefficient (Wildman–Crippen LogP) is 2.20. The smallest absolute Gasteiger partial charge is 0.209 e. The van der Waals surface area contributed by atoms with Gasteiger partial charge in [-0.15, -0.1) is 5.10 Å². The summed E-state index contributed by atoms with van der Waals surface area (Å²) in [6.45, 7) is 9.61. The van der Waals surface area contributed by atoms with E-state index in [0.717, 1.165) is 36.6 Å². The van der Waals surface area contributed by atoms with E-state index in [9.17, 15) is 0 Å². The van der Waals surface area contributed by atoms with Gasteiger partial charge in [0.2, 0.25) is 5.16 Å². The Hall–Kier alpha value is -0.620. The van der Waals surface area contributed by atoms with E-state index in [1.54, 1.807) is 0 Å². The number of tetrazole rings is 1. The zero-order chi connectivity index (χ0) is 13.7. The van der Waals surface area contributed by atoms with Crippen molar-refractivity contribution >= 4 is 11.8 Å². The first-order valence-electron chi connectivity index (χ1n) is 7.34. The van der Waals surface area contributed by atoms with Gasteiger partial charge in [-0.25, -0.2) is 4.68 Å². The minimum absolute atomic E-state index is 0.676. The second kappa shape index (κ2) is 7.24. The van der Waals surface area contributed by atoms with Gasteiger partial charge in [0.05, 0.1) is 6.54 Å². The Bertz CT molecular complexity index is 381. The minimum Gasteiger partial charge on any atom is -0.315 e. The molecular weight excluding hydrogens is 258 g/mol. The zero-order valence-corrected chi connectivity index (χ0v) is 13.0. The number of rotatable bonds is 6. The molecule has 0 spiro atoms. The molecule has 1 N–H and O–H groups in total. The van der Waals surface area contributed by atoms with E-state index in [-0.39, 0.29) is 0 Å². The Balaban J connectivity index is 1.87. The van der Waals surface area contributed by atoms with Crippen LogP contribution in [0.5, 0.6) is 0 Å². The average molecular weight is 283 g/mol. The van der Waals surface area contributed by atoms with Crippen molar-refractivity contribution in [2.75, 3.05) is 13.1 Å². The zero-order valence-electron chi connectivity index (χ0n) is 12.2. The Morgan fingerprint density at radius 3 is 2.89 bits per heavy atom. The Morgan fingerprint density at radius 1 is 1.32 bits per heavy atom. The van der Waals surface area contributed by atoms with E-state index in [1.807, 2.05) is 16.4 Å². The maximum Gasteiger partial charge on any atom is 0.209 e. The topological polar surface area (TPSA) is 55.6 Å². The fourth-order valence-electron chi connectivity index (χ4n) is 2.54. The van der Waals surface area contributed by atoms with Gasteiger partial charge in [-0.1, -0.05) is 32.5 Å². The summed E-state index contributed by atoms with van der Waals surface area (Å²) >= 11 is 1.86. The van der Waals surface area contributed by atoms with Gasteiger partial charge in [-0.2, -0.15) is 0 Å². The maximum atomic E-state index is 4.17. The lowest BCUT2D eigenvalue weighted by molar-refractivity contribution is 0.283. The second-order valence-corrected chi connectivity index (χ2v) is 6.81. The average Bonchev–Trinajstić information content (AvgIpc) is 2.82. The van der Waals surface area contributed by atoms with E-state index in [0.29, 0.717) is 5.25 Å². The number of hydrogen-bond donors (Lipinski definition) is 1. The van der Waals surface area contributed by atoms with Crippen molar-refractivity contribution in [3.05, 3.63) is 0 Å². The first kappa shape index (κ1) is 14.8. The van der Waals surface area contributed by atoms with Crippen molar-refractivity contribution in [1.82, 2.24) is 25.5 Å². The number of nitrogens with zero attached hydrogens (tertiary/aromatic N) is 4. The minimum atomic E-state index is 0.676. The van der Waals surface area contributed by atoms with Crippen LogP contribution in [0.4, 0.5) is 0 Å². The van der Waals surface area contributed by atoms with Crippen molar-refractivity contribution in [3.63, 3.8) is 0 Å². The third-order valence-electron chi connectivity index (χ3n) is 4.07. The van der Waals surface area contributed by atoms with Crippen LogP contribution in [0.2, 0.25) is 0 Å². The summed E-state index contributed by atoms with van der Waals surface area (Å²) in [5.74, 6) is 1.68. The van der Waals surface area contributed by atoms with Crippen LogP contribution in [-0.2, 0) is 6.54 Å². The van der Waals surface area contributed by atoms with Crippen LogP contribution < -0.4 is 5.32 Å². The van der Waals surface area contributed by atoms with Gasteiger partial charge in [-0.3, -0.25) is 0 Å². The molecule has 0 radical (unpaired) electrons. The molecule has 1 saturated carbocycles. The van der Waals surface area contributed by atoms with Gasteiger partial charge in [0.15, 0.2) is 0 Å². The fraction of sp³-hybridized carbons (Fsp3) is 0.923. The standard InChI is InChI=1S/C13H25N5S/c1-4-14-7-8-18-13(15-16-17-18)19-12-6-5-10(2)11(3)9-12/h10-12,14H,4-9H2,1-3H3. The quantitative estimate of drug-likeness (QED) is 0.811. The van der Waals surface area contributed by atoms with Gasteiger partial charge in [0.1, 0.15) is 0 Å². The Morgan fingerprint density at radius 2 is 2.16 bits per heavy atom. The molecule has 0 saturated heterocycles. The van der Waals surface area contributed by atoms with E-state index < -0.39 is 0 Å². The van der Waals surface area contributed by atoms with E-state index in [4.69, 9.17) is 0 Å². The first-order chi connectivity index (χ1) is 9.20. The van der Waals surface area contributed by atoms with Gasteiger partial charge >= 0.3 is 0 Å². The van der Waals surface area contributed by atoms with Gasteiger partial charge in [-0.05, 0) is 48.1 Å². The Labute approximate surface area is 119 Å². The second-order valence-electron chi connectivity index (χ2n) is 5.55. The third kappa shape index (κ3) is 4.18. The number of likely N-dealkylation sites (N-methyl/N-ethyl adjacent to an activating group) is 1.